The average molecular weight is 305 g/mol. The molecule has 0 unspecified atom stereocenters. The topological polar surface area (TPSA) is 79.5 Å². The Labute approximate surface area is 118 Å². The predicted octanol–water partition coefficient (Wildman–Crippen LogP) is 2.22. The summed E-state index contributed by atoms with van der Waals surface area (Å²) < 4.78 is 38.1. The molecule has 9 heteroatoms. The minimum atomic E-state index is -4.65. The van der Waals surface area contributed by atoms with E-state index in [0.717, 1.165) is 6.07 Å². The summed E-state index contributed by atoms with van der Waals surface area (Å²) in [5.74, 6) is 0.0872. The second-order valence-electron chi connectivity index (χ2n) is 4.93. The van der Waals surface area contributed by atoms with Gasteiger partial charge in [-0.15, -0.1) is 0 Å². The molecule has 116 valence electrons. The molecule has 6 nitrogen and oxygen atoms in total. The van der Waals surface area contributed by atoms with Gasteiger partial charge in [0.2, 0.25) is 0 Å². The van der Waals surface area contributed by atoms with Crippen molar-refractivity contribution in [3.8, 4) is 0 Å². The summed E-state index contributed by atoms with van der Waals surface area (Å²) in [5.41, 5.74) is -1.66. The zero-order valence-electron chi connectivity index (χ0n) is 11.0. The number of aliphatic hydroxyl groups is 1. The molecule has 0 spiro atoms. The highest BCUT2D eigenvalue weighted by atomic mass is 19.4. The first-order valence-corrected chi connectivity index (χ1v) is 6.40. The third-order valence-electron chi connectivity index (χ3n) is 3.56. The number of pyridine rings is 1. The molecule has 0 bridgehead atoms. The number of nitro groups is 1. The highest BCUT2D eigenvalue weighted by Gasteiger charge is 2.35. The van der Waals surface area contributed by atoms with E-state index in [-0.39, 0.29) is 18.2 Å². The number of rotatable bonds is 3. The van der Waals surface area contributed by atoms with E-state index >= 15 is 0 Å². The fourth-order valence-corrected chi connectivity index (χ4v) is 2.34. The number of aliphatic hydroxyl groups excluding tert-OH is 1. The molecular formula is C12H14F3N3O3. The molecule has 0 aromatic carbocycles. The van der Waals surface area contributed by atoms with Crippen molar-refractivity contribution in [3.63, 3.8) is 0 Å². The van der Waals surface area contributed by atoms with Gasteiger partial charge in [-0.2, -0.15) is 13.2 Å². The summed E-state index contributed by atoms with van der Waals surface area (Å²) in [5, 5.41) is 20.0. The number of piperidine rings is 1. The zero-order chi connectivity index (χ0) is 15.6. The summed E-state index contributed by atoms with van der Waals surface area (Å²) >= 11 is 0. The molecule has 21 heavy (non-hydrogen) atoms. The molecule has 1 aromatic rings. The number of aromatic nitrogens is 1. The summed E-state index contributed by atoms with van der Waals surface area (Å²) in [6.45, 7) is 0.751. The fraction of sp³-hybridized carbons (Fsp3) is 0.583. The third-order valence-corrected chi connectivity index (χ3v) is 3.56. The molecule has 1 saturated heterocycles. The van der Waals surface area contributed by atoms with E-state index in [1.165, 1.54) is 0 Å². The first-order valence-electron chi connectivity index (χ1n) is 6.40. The van der Waals surface area contributed by atoms with Crippen molar-refractivity contribution in [2.45, 2.75) is 19.0 Å². The molecule has 2 rings (SSSR count). The summed E-state index contributed by atoms with van der Waals surface area (Å²) in [4.78, 5) is 14.9. The summed E-state index contributed by atoms with van der Waals surface area (Å²) in [6, 6.07) is 0.720. The van der Waals surface area contributed by atoms with Crippen LogP contribution in [0.2, 0.25) is 0 Å². The van der Waals surface area contributed by atoms with E-state index < -0.39 is 22.5 Å². The largest absolute Gasteiger partial charge is 0.433 e. The van der Waals surface area contributed by atoms with E-state index in [1.807, 2.05) is 0 Å². The van der Waals surface area contributed by atoms with Crippen LogP contribution in [0.15, 0.2) is 12.3 Å². The van der Waals surface area contributed by atoms with E-state index in [1.54, 1.807) is 4.90 Å². The van der Waals surface area contributed by atoms with Crippen molar-refractivity contribution in [3.05, 3.63) is 28.1 Å². The Morgan fingerprint density at radius 3 is 2.52 bits per heavy atom. The Morgan fingerprint density at radius 1 is 1.43 bits per heavy atom. The van der Waals surface area contributed by atoms with Gasteiger partial charge in [-0.25, -0.2) is 4.98 Å². The van der Waals surface area contributed by atoms with Crippen molar-refractivity contribution >= 4 is 11.4 Å². The molecular weight excluding hydrogens is 291 g/mol. The van der Waals surface area contributed by atoms with Gasteiger partial charge in [-0.1, -0.05) is 0 Å². The lowest BCUT2D eigenvalue weighted by molar-refractivity contribution is -0.384. The minimum absolute atomic E-state index is 0.0140. The van der Waals surface area contributed by atoms with Crippen LogP contribution in [-0.4, -0.2) is 34.7 Å². The van der Waals surface area contributed by atoms with Gasteiger partial charge in [0, 0.05) is 19.7 Å². The number of hydrogen-bond acceptors (Lipinski definition) is 5. The molecule has 1 N–H and O–H groups in total. The molecule has 2 heterocycles. The maximum absolute atomic E-state index is 12.7. The number of nitrogens with zero attached hydrogens (tertiary/aromatic N) is 3. The number of alkyl halides is 3. The molecule has 1 aliphatic rings. The Hall–Kier alpha value is -1.90. The lowest BCUT2D eigenvalue weighted by Crippen LogP contribution is -2.35. The van der Waals surface area contributed by atoms with Crippen molar-refractivity contribution in [2.75, 3.05) is 24.6 Å². The fourth-order valence-electron chi connectivity index (χ4n) is 2.34. The Bertz CT molecular complexity index is 528. The van der Waals surface area contributed by atoms with Crippen LogP contribution in [0.4, 0.5) is 24.5 Å². The number of halogens is 3. The summed E-state index contributed by atoms with van der Waals surface area (Å²) in [6.07, 6.45) is -2.84. The van der Waals surface area contributed by atoms with Crippen LogP contribution in [0.25, 0.3) is 0 Å². The molecule has 0 amide bonds. The third kappa shape index (κ3) is 3.41. The molecule has 0 atom stereocenters. The average Bonchev–Trinajstić information content (AvgIpc) is 2.45. The highest BCUT2D eigenvalue weighted by molar-refractivity contribution is 5.63. The van der Waals surface area contributed by atoms with Gasteiger partial charge in [-0.05, 0) is 24.8 Å². The van der Waals surface area contributed by atoms with Crippen LogP contribution in [0.1, 0.15) is 18.5 Å². The zero-order valence-corrected chi connectivity index (χ0v) is 11.0. The number of anilines is 1. The highest BCUT2D eigenvalue weighted by Crippen LogP contribution is 2.36. The van der Waals surface area contributed by atoms with Crippen LogP contribution in [0.5, 0.6) is 0 Å². The summed E-state index contributed by atoms with van der Waals surface area (Å²) in [7, 11) is 0. The molecule has 0 radical (unpaired) electrons. The minimum Gasteiger partial charge on any atom is -0.396 e. The van der Waals surface area contributed by atoms with Gasteiger partial charge < -0.3 is 10.0 Å². The van der Waals surface area contributed by atoms with E-state index in [2.05, 4.69) is 4.98 Å². The standard InChI is InChI=1S/C12H14F3N3O3/c13-12(14,15)11-5-9(10(6-16-11)18(20)21)17-3-1-8(7-19)2-4-17/h5-6,8,19H,1-4,7H2. The predicted molar refractivity (Wildman–Crippen MR) is 67.9 cm³/mol. The van der Waals surface area contributed by atoms with E-state index in [4.69, 9.17) is 5.11 Å². The van der Waals surface area contributed by atoms with Crippen molar-refractivity contribution in [1.82, 2.24) is 4.98 Å². The smallest absolute Gasteiger partial charge is 0.396 e. The second kappa shape index (κ2) is 5.84. The van der Waals surface area contributed by atoms with Crippen LogP contribution in [0, 0.1) is 16.0 Å². The molecule has 0 aliphatic carbocycles. The van der Waals surface area contributed by atoms with Gasteiger partial charge in [0.05, 0.1) is 4.92 Å². The number of hydrogen-bond donors (Lipinski definition) is 1. The molecule has 0 saturated carbocycles. The van der Waals surface area contributed by atoms with Crippen molar-refractivity contribution in [2.24, 2.45) is 5.92 Å². The lowest BCUT2D eigenvalue weighted by atomic mass is 9.97. The van der Waals surface area contributed by atoms with E-state index in [9.17, 15) is 23.3 Å². The normalized spacial score (nSPS) is 17.0. The Kier molecular flexibility index (Phi) is 4.31. The van der Waals surface area contributed by atoms with Crippen LogP contribution >= 0.6 is 0 Å². The maximum atomic E-state index is 12.7. The van der Waals surface area contributed by atoms with Crippen molar-refractivity contribution in [1.29, 1.82) is 0 Å². The Morgan fingerprint density at radius 2 is 2.05 bits per heavy atom. The Balaban J connectivity index is 2.33. The first kappa shape index (κ1) is 15.5. The quantitative estimate of drug-likeness (QED) is 0.684. The van der Waals surface area contributed by atoms with Crippen molar-refractivity contribution < 1.29 is 23.2 Å². The second-order valence-corrected chi connectivity index (χ2v) is 4.93. The van der Waals surface area contributed by atoms with Crippen LogP contribution in [0.3, 0.4) is 0 Å². The maximum Gasteiger partial charge on any atom is 0.433 e. The van der Waals surface area contributed by atoms with Crippen LogP contribution in [-0.2, 0) is 6.18 Å². The monoisotopic (exact) mass is 305 g/mol. The lowest BCUT2D eigenvalue weighted by Gasteiger charge is -2.32. The van der Waals surface area contributed by atoms with Gasteiger partial charge in [0.1, 0.15) is 17.6 Å². The van der Waals surface area contributed by atoms with Gasteiger partial charge in [0.25, 0.3) is 0 Å². The molecule has 1 aromatic heterocycles. The SMILES string of the molecule is O=[N+]([O-])c1cnc(C(F)(F)F)cc1N1CCC(CO)CC1. The molecule has 1 fully saturated rings. The van der Waals surface area contributed by atoms with Crippen LogP contribution < -0.4 is 4.90 Å². The van der Waals surface area contributed by atoms with E-state index in [0.29, 0.717) is 32.1 Å². The van der Waals surface area contributed by atoms with Gasteiger partial charge in [0.15, 0.2) is 0 Å². The van der Waals surface area contributed by atoms with Gasteiger partial charge in [-0.3, -0.25) is 10.1 Å². The first-order chi connectivity index (χ1) is 9.82. The van der Waals surface area contributed by atoms with Gasteiger partial charge >= 0.3 is 11.9 Å². The molecule has 1 aliphatic heterocycles.